The minimum atomic E-state index is -0.426. The summed E-state index contributed by atoms with van der Waals surface area (Å²) in [6, 6.07) is 8.87. The molecule has 3 fully saturated rings. The van der Waals surface area contributed by atoms with Crippen LogP contribution in [-0.2, 0) is 4.74 Å². The minimum Gasteiger partial charge on any atom is -0.444 e. The number of benzene rings is 1. The molecule has 0 N–H and O–H groups in total. The number of hydrogen-bond donors (Lipinski definition) is 0. The van der Waals surface area contributed by atoms with Crippen molar-refractivity contribution in [1.82, 2.24) is 4.90 Å². The SMILES string of the molecule is CC(C)(C)OC(=O)N1C2CC1CN(c1cccc(Br)c1)C2. The van der Waals surface area contributed by atoms with Crippen molar-refractivity contribution in [3.63, 3.8) is 0 Å². The summed E-state index contributed by atoms with van der Waals surface area (Å²) < 4.78 is 6.59. The maximum atomic E-state index is 12.2. The van der Waals surface area contributed by atoms with E-state index in [1.165, 1.54) is 5.69 Å². The largest absolute Gasteiger partial charge is 0.444 e. The highest BCUT2D eigenvalue weighted by molar-refractivity contribution is 9.10. The lowest BCUT2D eigenvalue weighted by molar-refractivity contribution is -0.0379. The first-order chi connectivity index (χ1) is 9.83. The van der Waals surface area contributed by atoms with Crippen molar-refractivity contribution in [3.8, 4) is 0 Å². The van der Waals surface area contributed by atoms with Gasteiger partial charge in [0.05, 0.1) is 12.1 Å². The maximum absolute atomic E-state index is 12.2. The van der Waals surface area contributed by atoms with Gasteiger partial charge in [-0.25, -0.2) is 4.79 Å². The summed E-state index contributed by atoms with van der Waals surface area (Å²) in [5.41, 5.74) is 0.785. The van der Waals surface area contributed by atoms with Gasteiger partial charge in [0, 0.05) is 23.2 Å². The third-order valence-electron chi connectivity index (χ3n) is 3.97. The van der Waals surface area contributed by atoms with Gasteiger partial charge in [0.15, 0.2) is 0 Å². The van der Waals surface area contributed by atoms with Crippen LogP contribution in [0.25, 0.3) is 0 Å². The number of rotatable bonds is 1. The highest BCUT2D eigenvalue weighted by Crippen LogP contribution is 2.36. The van der Waals surface area contributed by atoms with Crippen LogP contribution in [0.2, 0.25) is 0 Å². The summed E-state index contributed by atoms with van der Waals surface area (Å²) in [5, 5.41) is 0. The lowest BCUT2D eigenvalue weighted by Crippen LogP contribution is -2.70. The molecule has 0 spiro atoms. The van der Waals surface area contributed by atoms with Gasteiger partial charge in [0.25, 0.3) is 0 Å². The number of piperazine rings is 1. The zero-order valence-corrected chi connectivity index (χ0v) is 14.3. The van der Waals surface area contributed by atoms with Crippen molar-refractivity contribution in [2.24, 2.45) is 0 Å². The number of piperidine rings is 1. The van der Waals surface area contributed by atoms with Crippen LogP contribution in [0.4, 0.5) is 10.5 Å². The van der Waals surface area contributed by atoms with Gasteiger partial charge in [-0.1, -0.05) is 22.0 Å². The number of carbonyl (C=O) groups is 1. The Labute approximate surface area is 134 Å². The Morgan fingerprint density at radius 1 is 1.29 bits per heavy atom. The Hall–Kier alpha value is -1.23. The third-order valence-corrected chi connectivity index (χ3v) is 4.46. The zero-order valence-electron chi connectivity index (χ0n) is 12.7. The predicted octanol–water partition coefficient (Wildman–Crippen LogP) is 3.65. The average molecular weight is 353 g/mol. The van der Waals surface area contributed by atoms with E-state index in [4.69, 9.17) is 4.74 Å². The van der Waals surface area contributed by atoms with Gasteiger partial charge in [-0.2, -0.15) is 0 Å². The number of ether oxygens (including phenoxy) is 1. The minimum absolute atomic E-state index is 0.169. The van der Waals surface area contributed by atoms with E-state index in [2.05, 4.69) is 33.0 Å². The fraction of sp³-hybridized carbons (Fsp3) is 0.562. The normalized spacial score (nSPS) is 24.6. The lowest BCUT2D eigenvalue weighted by atomic mass is 9.87. The summed E-state index contributed by atoms with van der Waals surface area (Å²) in [7, 11) is 0. The Bertz CT molecular complexity index is 543. The molecule has 0 saturated carbocycles. The van der Waals surface area contributed by atoms with Gasteiger partial charge in [-0.05, 0) is 45.4 Å². The molecule has 2 unspecified atom stereocenters. The number of nitrogens with zero attached hydrogens (tertiary/aromatic N) is 2. The summed E-state index contributed by atoms with van der Waals surface area (Å²) in [6.45, 7) is 7.50. The van der Waals surface area contributed by atoms with Crippen molar-refractivity contribution in [2.45, 2.75) is 44.9 Å². The molecule has 3 aliphatic rings. The van der Waals surface area contributed by atoms with Crippen molar-refractivity contribution in [3.05, 3.63) is 28.7 Å². The molecule has 3 saturated heterocycles. The molecule has 0 radical (unpaired) electrons. The standard InChI is InChI=1S/C16H21BrN2O2/c1-16(2,3)21-15(20)19-13-8-14(19)10-18(9-13)12-6-4-5-11(17)7-12/h4-7,13-14H,8-10H2,1-3H3. The highest BCUT2D eigenvalue weighted by Gasteiger charge is 2.48. The van der Waals surface area contributed by atoms with E-state index in [1.807, 2.05) is 37.8 Å². The van der Waals surface area contributed by atoms with Gasteiger partial charge in [-0.15, -0.1) is 0 Å². The molecular formula is C16H21BrN2O2. The molecule has 114 valence electrons. The van der Waals surface area contributed by atoms with E-state index >= 15 is 0 Å². The van der Waals surface area contributed by atoms with Gasteiger partial charge < -0.3 is 9.64 Å². The van der Waals surface area contributed by atoms with Crippen molar-refractivity contribution < 1.29 is 9.53 Å². The Morgan fingerprint density at radius 2 is 1.95 bits per heavy atom. The summed E-state index contributed by atoms with van der Waals surface area (Å²) in [6.07, 6.45) is 0.918. The van der Waals surface area contributed by atoms with Crippen LogP contribution in [0.1, 0.15) is 27.2 Å². The van der Waals surface area contributed by atoms with Crippen LogP contribution in [0, 0.1) is 0 Å². The van der Waals surface area contributed by atoms with Crippen LogP contribution in [-0.4, -0.2) is 41.8 Å². The van der Waals surface area contributed by atoms with E-state index in [-0.39, 0.29) is 18.2 Å². The van der Waals surface area contributed by atoms with Gasteiger partial charge in [-0.3, -0.25) is 4.90 Å². The van der Waals surface area contributed by atoms with Crippen molar-refractivity contribution in [2.75, 3.05) is 18.0 Å². The first-order valence-corrected chi connectivity index (χ1v) is 8.14. The average Bonchev–Trinajstić information content (AvgIpc) is 2.36. The molecule has 4 rings (SSSR count). The highest BCUT2D eigenvalue weighted by atomic mass is 79.9. The quantitative estimate of drug-likeness (QED) is 0.773. The fourth-order valence-corrected chi connectivity index (χ4v) is 3.49. The number of amides is 1. The van der Waals surface area contributed by atoms with E-state index < -0.39 is 5.60 Å². The number of fused-ring (bicyclic) bond motifs is 2. The Balaban J connectivity index is 1.66. The molecule has 0 aliphatic carbocycles. The molecule has 5 heteroatoms. The molecule has 1 aromatic carbocycles. The van der Waals surface area contributed by atoms with E-state index in [1.54, 1.807) is 0 Å². The Morgan fingerprint density at radius 3 is 2.52 bits per heavy atom. The summed E-state index contributed by atoms with van der Waals surface area (Å²) in [4.78, 5) is 16.5. The number of hydrogen-bond acceptors (Lipinski definition) is 3. The maximum Gasteiger partial charge on any atom is 0.410 e. The second-order valence-electron chi connectivity index (χ2n) is 6.82. The molecule has 3 aliphatic heterocycles. The monoisotopic (exact) mass is 352 g/mol. The number of carbonyl (C=O) groups excluding carboxylic acids is 1. The second kappa shape index (κ2) is 5.20. The second-order valence-corrected chi connectivity index (χ2v) is 7.73. The van der Waals surface area contributed by atoms with Crippen LogP contribution >= 0.6 is 15.9 Å². The first kappa shape index (κ1) is 14.7. The third kappa shape index (κ3) is 3.03. The predicted molar refractivity (Wildman–Crippen MR) is 86.6 cm³/mol. The van der Waals surface area contributed by atoms with Crippen LogP contribution in [0.5, 0.6) is 0 Å². The molecular weight excluding hydrogens is 332 g/mol. The smallest absolute Gasteiger partial charge is 0.410 e. The van der Waals surface area contributed by atoms with Gasteiger partial charge in [0.2, 0.25) is 0 Å². The van der Waals surface area contributed by atoms with Crippen molar-refractivity contribution >= 4 is 27.7 Å². The van der Waals surface area contributed by atoms with Crippen LogP contribution < -0.4 is 4.90 Å². The van der Waals surface area contributed by atoms with E-state index in [9.17, 15) is 4.79 Å². The van der Waals surface area contributed by atoms with Crippen molar-refractivity contribution in [1.29, 1.82) is 0 Å². The lowest BCUT2D eigenvalue weighted by Gasteiger charge is -2.56. The molecule has 3 heterocycles. The molecule has 21 heavy (non-hydrogen) atoms. The van der Waals surface area contributed by atoms with Gasteiger partial charge in [0.1, 0.15) is 5.60 Å². The number of anilines is 1. The number of halogens is 1. The molecule has 2 atom stereocenters. The summed E-state index contributed by atoms with van der Waals surface area (Å²) >= 11 is 3.51. The zero-order chi connectivity index (χ0) is 15.2. The fourth-order valence-electron chi connectivity index (χ4n) is 3.11. The molecule has 0 aromatic heterocycles. The van der Waals surface area contributed by atoms with Crippen LogP contribution in [0.15, 0.2) is 28.7 Å². The Kier molecular flexibility index (Phi) is 3.64. The van der Waals surface area contributed by atoms with Crippen LogP contribution in [0.3, 0.4) is 0 Å². The molecule has 1 amide bonds. The first-order valence-electron chi connectivity index (χ1n) is 7.35. The molecule has 2 bridgehead atoms. The van der Waals surface area contributed by atoms with Gasteiger partial charge >= 0.3 is 6.09 Å². The van der Waals surface area contributed by atoms with E-state index in [0.717, 1.165) is 24.0 Å². The summed E-state index contributed by atoms with van der Waals surface area (Å²) in [5.74, 6) is 0. The molecule has 4 nitrogen and oxygen atoms in total. The van der Waals surface area contributed by atoms with E-state index in [0.29, 0.717) is 0 Å². The molecule has 1 aromatic rings. The topological polar surface area (TPSA) is 32.8 Å².